The van der Waals surface area contributed by atoms with Gasteiger partial charge in [-0.1, -0.05) is 6.42 Å². The van der Waals surface area contributed by atoms with Crippen molar-refractivity contribution in [3.8, 4) is 0 Å². The van der Waals surface area contributed by atoms with Crippen molar-refractivity contribution < 1.29 is 9.59 Å². The Labute approximate surface area is 109 Å². The van der Waals surface area contributed by atoms with Crippen LogP contribution in [0.1, 0.15) is 45.4 Å². The molecule has 0 spiro atoms. The Balaban J connectivity index is 1.88. The van der Waals surface area contributed by atoms with Crippen LogP contribution in [0.25, 0.3) is 0 Å². The van der Waals surface area contributed by atoms with Crippen molar-refractivity contribution in [1.29, 1.82) is 0 Å². The maximum Gasteiger partial charge on any atom is 0.236 e. The topological polar surface area (TPSA) is 40.6 Å². The molecule has 0 saturated carbocycles. The highest BCUT2D eigenvalue weighted by atomic mass is 16.2. The molecule has 0 aliphatic carbocycles. The van der Waals surface area contributed by atoms with Gasteiger partial charge in [-0.3, -0.25) is 14.5 Å². The summed E-state index contributed by atoms with van der Waals surface area (Å²) in [5.41, 5.74) is 0. The first-order valence-corrected chi connectivity index (χ1v) is 7.18. The van der Waals surface area contributed by atoms with Crippen LogP contribution in [0.15, 0.2) is 0 Å². The summed E-state index contributed by atoms with van der Waals surface area (Å²) in [5.74, 6) is 0.489. The van der Waals surface area contributed by atoms with Gasteiger partial charge in [0.25, 0.3) is 0 Å². The van der Waals surface area contributed by atoms with E-state index in [9.17, 15) is 9.59 Å². The Hall–Kier alpha value is -0.900. The second kappa shape index (κ2) is 6.32. The number of hydrogen-bond acceptors (Lipinski definition) is 3. The molecule has 18 heavy (non-hydrogen) atoms. The summed E-state index contributed by atoms with van der Waals surface area (Å²) < 4.78 is 0. The number of carbonyl (C=O) groups excluding carboxylic acids is 2. The molecule has 0 aromatic heterocycles. The van der Waals surface area contributed by atoms with Crippen LogP contribution in [0.2, 0.25) is 0 Å². The van der Waals surface area contributed by atoms with Crippen molar-refractivity contribution in [3.05, 3.63) is 0 Å². The standard InChI is InChI=1S/C14H24N2O2/c1-12(17)10-13-6-2-3-9-16(13)11-14(18)15-7-4-5-8-15/h13H,2-11H2,1H3. The van der Waals surface area contributed by atoms with E-state index in [1.807, 2.05) is 4.90 Å². The minimum atomic E-state index is 0.237. The third-order valence-corrected chi connectivity index (χ3v) is 4.07. The molecule has 4 heteroatoms. The fourth-order valence-electron chi connectivity index (χ4n) is 3.07. The summed E-state index contributed by atoms with van der Waals surface area (Å²) >= 11 is 0. The Bertz CT molecular complexity index is 311. The van der Waals surface area contributed by atoms with E-state index in [0.717, 1.165) is 45.3 Å². The van der Waals surface area contributed by atoms with Gasteiger partial charge in [-0.25, -0.2) is 0 Å². The first-order valence-electron chi connectivity index (χ1n) is 7.18. The number of hydrogen-bond donors (Lipinski definition) is 0. The predicted molar refractivity (Wildman–Crippen MR) is 70.3 cm³/mol. The molecule has 0 radical (unpaired) electrons. The van der Waals surface area contributed by atoms with Gasteiger partial charge in [-0.15, -0.1) is 0 Å². The Morgan fingerprint density at radius 3 is 2.39 bits per heavy atom. The van der Waals surface area contributed by atoms with Gasteiger partial charge in [0.1, 0.15) is 5.78 Å². The lowest BCUT2D eigenvalue weighted by Gasteiger charge is -2.35. The van der Waals surface area contributed by atoms with Crippen molar-refractivity contribution in [2.24, 2.45) is 0 Å². The molecular weight excluding hydrogens is 228 g/mol. The third kappa shape index (κ3) is 3.55. The molecule has 4 nitrogen and oxygen atoms in total. The van der Waals surface area contributed by atoms with Crippen LogP contribution < -0.4 is 0 Å². The van der Waals surface area contributed by atoms with E-state index >= 15 is 0 Å². The number of rotatable bonds is 4. The molecule has 0 bridgehead atoms. The fourth-order valence-corrected chi connectivity index (χ4v) is 3.07. The first-order chi connectivity index (χ1) is 8.66. The van der Waals surface area contributed by atoms with Crippen LogP contribution in [-0.4, -0.2) is 53.7 Å². The van der Waals surface area contributed by atoms with Crippen LogP contribution in [-0.2, 0) is 9.59 Å². The second-order valence-corrected chi connectivity index (χ2v) is 5.61. The minimum absolute atomic E-state index is 0.237. The molecule has 1 amide bonds. The van der Waals surface area contributed by atoms with Crippen molar-refractivity contribution in [3.63, 3.8) is 0 Å². The molecule has 2 heterocycles. The zero-order chi connectivity index (χ0) is 13.0. The lowest BCUT2D eigenvalue weighted by atomic mass is 9.98. The number of likely N-dealkylation sites (tertiary alicyclic amines) is 2. The SMILES string of the molecule is CC(=O)CC1CCCCN1CC(=O)N1CCCC1. The normalized spacial score (nSPS) is 25.4. The smallest absolute Gasteiger partial charge is 0.236 e. The molecule has 2 aliphatic heterocycles. The molecular formula is C14H24N2O2. The van der Waals surface area contributed by atoms with Crippen LogP contribution >= 0.6 is 0 Å². The summed E-state index contributed by atoms with van der Waals surface area (Å²) in [6.45, 7) is 4.97. The summed E-state index contributed by atoms with van der Waals surface area (Å²) in [7, 11) is 0. The Morgan fingerprint density at radius 2 is 1.72 bits per heavy atom. The van der Waals surface area contributed by atoms with Gasteiger partial charge in [0.2, 0.25) is 5.91 Å². The van der Waals surface area contributed by atoms with E-state index < -0.39 is 0 Å². The van der Waals surface area contributed by atoms with Crippen molar-refractivity contribution >= 4 is 11.7 Å². The van der Waals surface area contributed by atoms with Gasteiger partial charge in [0.15, 0.2) is 0 Å². The van der Waals surface area contributed by atoms with Gasteiger partial charge in [-0.2, -0.15) is 0 Å². The molecule has 2 saturated heterocycles. The van der Waals surface area contributed by atoms with E-state index in [1.54, 1.807) is 6.92 Å². The second-order valence-electron chi connectivity index (χ2n) is 5.61. The summed E-state index contributed by atoms with van der Waals surface area (Å²) in [5, 5.41) is 0. The molecule has 2 rings (SSSR count). The number of piperidine rings is 1. The van der Waals surface area contributed by atoms with Crippen molar-refractivity contribution in [2.45, 2.75) is 51.5 Å². The lowest BCUT2D eigenvalue weighted by Crippen LogP contribution is -2.46. The van der Waals surface area contributed by atoms with E-state index in [-0.39, 0.29) is 11.7 Å². The largest absolute Gasteiger partial charge is 0.342 e. The molecule has 2 aliphatic rings. The zero-order valence-electron chi connectivity index (χ0n) is 11.4. The van der Waals surface area contributed by atoms with Crippen molar-refractivity contribution in [1.82, 2.24) is 9.80 Å². The van der Waals surface area contributed by atoms with E-state index in [1.165, 1.54) is 6.42 Å². The fraction of sp³-hybridized carbons (Fsp3) is 0.857. The highest BCUT2D eigenvalue weighted by molar-refractivity contribution is 5.79. The quantitative estimate of drug-likeness (QED) is 0.760. The molecule has 102 valence electrons. The van der Waals surface area contributed by atoms with E-state index in [4.69, 9.17) is 0 Å². The molecule has 1 unspecified atom stereocenters. The predicted octanol–water partition coefficient (Wildman–Crippen LogP) is 1.44. The molecule has 0 N–H and O–H groups in total. The average Bonchev–Trinajstić information content (AvgIpc) is 2.84. The van der Waals surface area contributed by atoms with Crippen LogP contribution in [0, 0.1) is 0 Å². The van der Waals surface area contributed by atoms with Gasteiger partial charge in [0, 0.05) is 25.6 Å². The third-order valence-electron chi connectivity index (χ3n) is 4.07. The minimum Gasteiger partial charge on any atom is -0.342 e. The highest BCUT2D eigenvalue weighted by Crippen LogP contribution is 2.20. The molecule has 0 aromatic carbocycles. The molecule has 1 atom stereocenters. The highest BCUT2D eigenvalue weighted by Gasteiger charge is 2.27. The van der Waals surface area contributed by atoms with Gasteiger partial charge >= 0.3 is 0 Å². The lowest BCUT2D eigenvalue weighted by molar-refractivity contribution is -0.133. The number of ketones is 1. The zero-order valence-corrected chi connectivity index (χ0v) is 11.4. The average molecular weight is 252 g/mol. The van der Waals surface area contributed by atoms with Gasteiger partial charge in [0.05, 0.1) is 6.54 Å². The van der Waals surface area contributed by atoms with Crippen molar-refractivity contribution in [2.75, 3.05) is 26.2 Å². The van der Waals surface area contributed by atoms with E-state index in [0.29, 0.717) is 19.0 Å². The van der Waals surface area contributed by atoms with E-state index in [2.05, 4.69) is 4.90 Å². The monoisotopic (exact) mass is 252 g/mol. The van der Waals surface area contributed by atoms with Crippen LogP contribution in [0.4, 0.5) is 0 Å². The Morgan fingerprint density at radius 1 is 1.06 bits per heavy atom. The maximum absolute atomic E-state index is 12.1. The summed E-state index contributed by atoms with van der Waals surface area (Å²) in [4.78, 5) is 27.6. The Kier molecular flexibility index (Phi) is 4.75. The first kappa shape index (κ1) is 13.5. The summed E-state index contributed by atoms with van der Waals surface area (Å²) in [6.07, 6.45) is 6.29. The molecule has 0 aromatic rings. The number of Topliss-reactive ketones (excluding diaryl/α,β-unsaturated/α-hetero) is 1. The maximum atomic E-state index is 12.1. The van der Waals surface area contributed by atoms with Gasteiger partial charge in [-0.05, 0) is 39.2 Å². The number of amides is 1. The number of carbonyl (C=O) groups is 2. The summed E-state index contributed by atoms with van der Waals surface area (Å²) in [6, 6.07) is 0.294. The number of nitrogens with zero attached hydrogens (tertiary/aromatic N) is 2. The van der Waals surface area contributed by atoms with Crippen LogP contribution in [0.3, 0.4) is 0 Å². The molecule has 2 fully saturated rings. The van der Waals surface area contributed by atoms with Crippen LogP contribution in [0.5, 0.6) is 0 Å². The van der Waals surface area contributed by atoms with Gasteiger partial charge < -0.3 is 4.90 Å².